The van der Waals surface area contributed by atoms with Gasteiger partial charge in [0.25, 0.3) is 0 Å². The molecule has 142 valence electrons. The number of thiophene rings is 1. The summed E-state index contributed by atoms with van der Waals surface area (Å²) in [6.07, 6.45) is 0. The molecule has 27 heavy (non-hydrogen) atoms. The Morgan fingerprint density at radius 2 is 1.89 bits per heavy atom. The van der Waals surface area contributed by atoms with E-state index in [9.17, 15) is 13.2 Å². The predicted molar refractivity (Wildman–Crippen MR) is 100 cm³/mol. The third-order valence-corrected chi connectivity index (χ3v) is 6.50. The van der Waals surface area contributed by atoms with E-state index in [0.29, 0.717) is 5.82 Å². The maximum Gasteiger partial charge on any atom is 0.246 e. The zero-order chi connectivity index (χ0) is 19.4. The number of likely N-dealkylation sites (N-methyl/N-ethyl adjacent to an activating group) is 2. The van der Waals surface area contributed by atoms with Crippen LogP contribution in [-0.2, 0) is 21.4 Å². The number of aromatic nitrogens is 2. The van der Waals surface area contributed by atoms with Gasteiger partial charge in [-0.15, -0.1) is 11.3 Å². The smallest absolute Gasteiger partial charge is 0.246 e. The van der Waals surface area contributed by atoms with Crippen LogP contribution in [0.1, 0.15) is 5.89 Å². The number of hydrogen-bond acceptors (Lipinski definition) is 7. The number of nitrogens with zero attached hydrogens (tertiary/aromatic N) is 4. The van der Waals surface area contributed by atoms with Crippen LogP contribution in [0, 0.1) is 0 Å². The van der Waals surface area contributed by atoms with Crippen LogP contribution < -0.4 is 0 Å². The predicted octanol–water partition coefficient (Wildman–Crippen LogP) is 2.08. The van der Waals surface area contributed by atoms with Crippen LogP contribution in [0.2, 0.25) is 0 Å². The maximum atomic E-state index is 12.5. The highest BCUT2D eigenvalue weighted by molar-refractivity contribution is 7.89. The fraction of sp³-hybridized carbons (Fsp3) is 0.235. The zero-order valence-electron chi connectivity index (χ0n) is 14.8. The van der Waals surface area contributed by atoms with E-state index in [-0.39, 0.29) is 29.8 Å². The molecular weight excluding hydrogens is 388 g/mol. The third-order valence-electron chi connectivity index (χ3n) is 3.82. The van der Waals surface area contributed by atoms with Gasteiger partial charge < -0.3 is 9.42 Å². The Bertz CT molecular complexity index is 1000. The van der Waals surface area contributed by atoms with Gasteiger partial charge in [0.1, 0.15) is 0 Å². The molecule has 1 amide bonds. The van der Waals surface area contributed by atoms with Crippen molar-refractivity contribution < 1.29 is 17.7 Å². The molecule has 0 N–H and O–H groups in total. The lowest BCUT2D eigenvalue weighted by atomic mass is 10.4. The molecule has 0 fully saturated rings. The van der Waals surface area contributed by atoms with E-state index >= 15 is 0 Å². The van der Waals surface area contributed by atoms with Gasteiger partial charge in [0, 0.05) is 14.1 Å². The Labute approximate surface area is 161 Å². The van der Waals surface area contributed by atoms with Gasteiger partial charge in [-0.3, -0.25) is 4.79 Å². The quantitative estimate of drug-likeness (QED) is 0.596. The van der Waals surface area contributed by atoms with Gasteiger partial charge in [-0.05, 0) is 23.6 Å². The molecule has 10 heteroatoms. The van der Waals surface area contributed by atoms with E-state index in [4.69, 9.17) is 4.52 Å². The highest BCUT2D eigenvalue weighted by Gasteiger charge is 2.24. The summed E-state index contributed by atoms with van der Waals surface area (Å²) in [5.74, 6) is 0.361. The molecule has 1 aromatic carbocycles. The van der Waals surface area contributed by atoms with Crippen molar-refractivity contribution in [3.63, 3.8) is 0 Å². The lowest BCUT2D eigenvalue weighted by Gasteiger charge is -2.20. The minimum atomic E-state index is -3.73. The van der Waals surface area contributed by atoms with E-state index in [1.807, 2.05) is 17.5 Å². The van der Waals surface area contributed by atoms with Gasteiger partial charge in [0.05, 0.1) is 22.9 Å². The minimum Gasteiger partial charge on any atom is -0.337 e. The van der Waals surface area contributed by atoms with Crippen molar-refractivity contribution in [2.75, 3.05) is 20.6 Å². The van der Waals surface area contributed by atoms with Crippen LogP contribution in [0.5, 0.6) is 0 Å². The van der Waals surface area contributed by atoms with E-state index in [0.717, 1.165) is 9.18 Å². The van der Waals surface area contributed by atoms with Gasteiger partial charge in [-0.1, -0.05) is 29.4 Å². The summed E-state index contributed by atoms with van der Waals surface area (Å²) in [6.45, 7) is -0.198. The van der Waals surface area contributed by atoms with E-state index in [2.05, 4.69) is 10.1 Å². The van der Waals surface area contributed by atoms with Crippen molar-refractivity contribution in [1.82, 2.24) is 19.3 Å². The number of carbonyl (C=O) groups excluding carboxylic acids is 1. The summed E-state index contributed by atoms with van der Waals surface area (Å²) >= 11 is 1.48. The molecule has 2 heterocycles. The highest BCUT2D eigenvalue weighted by Crippen LogP contribution is 2.21. The largest absolute Gasteiger partial charge is 0.337 e. The molecule has 0 aliphatic rings. The summed E-state index contributed by atoms with van der Waals surface area (Å²) in [5.41, 5.74) is 0. The molecule has 0 saturated carbocycles. The fourth-order valence-corrected chi connectivity index (χ4v) is 4.08. The van der Waals surface area contributed by atoms with Crippen LogP contribution in [0.25, 0.3) is 10.7 Å². The first kappa shape index (κ1) is 19.2. The van der Waals surface area contributed by atoms with Gasteiger partial charge in [0.15, 0.2) is 0 Å². The molecule has 2 aromatic heterocycles. The second-order valence-electron chi connectivity index (χ2n) is 5.81. The molecule has 0 radical (unpaired) electrons. The van der Waals surface area contributed by atoms with Gasteiger partial charge >= 0.3 is 0 Å². The SMILES string of the molecule is CN(Cc1nc(-c2cccs2)no1)C(=O)CN(C)S(=O)(=O)c1ccccc1. The minimum absolute atomic E-state index is 0.0937. The first-order valence-electron chi connectivity index (χ1n) is 8.00. The molecule has 0 aliphatic heterocycles. The number of rotatable bonds is 7. The number of amides is 1. The molecule has 3 aromatic rings. The molecule has 0 aliphatic carbocycles. The van der Waals surface area contributed by atoms with E-state index < -0.39 is 10.0 Å². The Kier molecular flexibility index (Phi) is 5.68. The van der Waals surface area contributed by atoms with Crippen LogP contribution >= 0.6 is 11.3 Å². The summed E-state index contributed by atoms with van der Waals surface area (Å²) in [4.78, 5) is 19.0. The topological polar surface area (TPSA) is 96.6 Å². The molecule has 0 unspecified atom stereocenters. The molecule has 3 rings (SSSR count). The Hall–Kier alpha value is -2.56. The molecule has 0 saturated heterocycles. The number of sulfonamides is 1. The third kappa shape index (κ3) is 4.41. The number of carbonyl (C=O) groups is 1. The van der Waals surface area contributed by atoms with Gasteiger partial charge in [-0.2, -0.15) is 9.29 Å². The lowest BCUT2D eigenvalue weighted by molar-refractivity contribution is -0.130. The zero-order valence-corrected chi connectivity index (χ0v) is 16.4. The second kappa shape index (κ2) is 7.99. The summed E-state index contributed by atoms with van der Waals surface area (Å²) in [5, 5.41) is 5.80. The fourth-order valence-electron chi connectivity index (χ4n) is 2.28. The Morgan fingerprint density at radius 1 is 1.15 bits per heavy atom. The van der Waals surface area contributed by atoms with Crippen molar-refractivity contribution >= 4 is 27.3 Å². The highest BCUT2D eigenvalue weighted by atomic mass is 32.2. The first-order valence-corrected chi connectivity index (χ1v) is 10.3. The molecule has 0 atom stereocenters. The Balaban J connectivity index is 1.62. The maximum absolute atomic E-state index is 12.5. The van der Waals surface area contributed by atoms with E-state index in [1.165, 1.54) is 35.4 Å². The van der Waals surface area contributed by atoms with Crippen molar-refractivity contribution in [3.05, 3.63) is 53.7 Å². The molecule has 0 spiro atoms. The number of benzene rings is 1. The second-order valence-corrected chi connectivity index (χ2v) is 8.81. The van der Waals surface area contributed by atoms with Crippen LogP contribution in [0.4, 0.5) is 0 Å². The first-order chi connectivity index (χ1) is 12.9. The van der Waals surface area contributed by atoms with Gasteiger partial charge in [0.2, 0.25) is 27.6 Å². The normalized spacial score (nSPS) is 11.7. The summed E-state index contributed by atoms with van der Waals surface area (Å²) in [7, 11) is -0.804. The van der Waals surface area contributed by atoms with Crippen molar-refractivity contribution in [1.29, 1.82) is 0 Å². The lowest BCUT2D eigenvalue weighted by Crippen LogP contribution is -2.39. The summed E-state index contributed by atoms with van der Waals surface area (Å²) in [6, 6.07) is 11.7. The summed E-state index contributed by atoms with van der Waals surface area (Å²) < 4.78 is 31.2. The molecule has 0 bridgehead atoms. The van der Waals surface area contributed by atoms with Crippen LogP contribution in [-0.4, -0.2) is 54.3 Å². The molecule has 8 nitrogen and oxygen atoms in total. The standard InChI is InChI=1S/C17H18N4O4S2/c1-20(11-15-18-17(19-25-15)14-9-6-10-26-14)16(22)12-21(2)27(23,24)13-7-4-3-5-8-13/h3-10H,11-12H2,1-2H3. The monoisotopic (exact) mass is 406 g/mol. The van der Waals surface area contributed by atoms with Crippen LogP contribution in [0.15, 0.2) is 57.3 Å². The Morgan fingerprint density at radius 3 is 2.56 bits per heavy atom. The van der Waals surface area contributed by atoms with Crippen molar-refractivity contribution in [3.8, 4) is 10.7 Å². The van der Waals surface area contributed by atoms with Crippen LogP contribution in [0.3, 0.4) is 0 Å². The average Bonchev–Trinajstić information content (AvgIpc) is 3.33. The van der Waals surface area contributed by atoms with E-state index in [1.54, 1.807) is 25.2 Å². The number of hydrogen-bond donors (Lipinski definition) is 0. The van der Waals surface area contributed by atoms with Crippen molar-refractivity contribution in [2.24, 2.45) is 0 Å². The van der Waals surface area contributed by atoms with Gasteiger partial charge in [-0.25, -0.2) is 8.42 Å². The molecular formula is C17H18N4O4S2. The van der Waals surface area contributed by atoms with Crippen molar-refractivity contribution in [2.45, 2.75) is 11.4 Å². The average molecular weight is 406 g/mol.